The van der Waals surface area contributed by atoms with E-state index in [4.69, 9.17) is 19.7 Å². The van der Waals surface area contributed by atoms with Gasteiger partial charge in [-0.2, -0.15) is 0 Å². The number of hydrogen-bond acceptors (Lipinski definition) is 7. The minimum absolute atomic E-state index is 0.0995. The summed E-state index contributed by atoms with van der Waals surface area (Å²) in [6, 6.07) is 0.0995. The summed E-state index contributed by atoms with van der Waals surface area (Å²) in [5, 5.41) is 21.4. The third kappa shape index (κ3) is 43.9. The summed E-state index contributed by atoms with van der Waals surface area (Å²) in [6.07, 6.45) is 13.1. The van der Waals surface area contributed by atoms with Gasteiger partial charge >= 0.3 is 6.09 Å². The topological polar surface area (TPSA) is 152 Å². The lowest BCUT2D eigenvalue weighted by molar-refractivity contribution is -0.134. The van der Waals surface area contributed by atoms with Crippen molar-refractivity contribution in [2.75, 3.05) is 61.5 Å². The van der Waals surface area contributed by atoms with Gasteiger partial charge < -0.3 is 30.5 Å². The molecule has 1 saturated heterocycles. The Labute approximate surface area is 299 Å². The zero-order valence-corrected chi connectivity index (χ0v) is 34.7. The average molecular weight is 714 g/mol. The van der Waals surface area contributed by atoms with Gasteiger partial charge in [0.15, 0.2) is 11.2 Å². The van der Waals surface area contributed by atoms with Crippen molar-refractivity contribution in [3.05, 3.63) is 12.2 Å². The molecule has 0 spiro atoms. The number of carbonyl (C=O) groups is 3. The first kappa shape index (κ1) is 58.2. The van der Waals surface area contributed by atoms with E-state index in [1.807, 2.05) is 69.5 Å². The van der Waals surface area contributed by atoms with Gasteiger partial charge in [-0.3, -0.25) is 9.59 Å². The molecule has 0 aliphatic carbocycles. The molecular formula is C35H79N5O7S. The molecule has 0 aromatic rings. The summed E-state index contributed by atoms with van der Waals surface area (Å²) < 4.78 is 20.6. The van der Waals surface area contributed by atoms with E-state index in [0.29, 0.717) is 13.1 Å². The molecule has 1 rings (SSSR count). The molecule has 4 N–H and O–H groups in total. The van der Waals surface area contributed by atoms with Crippen LogP contribution in [-0.4, -0.2) is 120 Å². The summed E-state index contributed by atoms with van der Waals surface area (Å²) >= 11 is -1.24. The first-order valence-corrected chi connectivity index (χ1v) is 18.6. The lowest BCUT2D eigenvalue weighted by Crippen LogP contribution is -2.45. The van der Waals surface area contributed by atoms with Gasteiger partial charge in [0.1, 0.15) is 6.10 Å². The number of hydrogen-bond donors (Lipinski definition) is 4. The maximum atomic E-state index is 11.9. The lowest BCUT2D eigenvalue weighted by atomic mass is 9.89. The molecule has 1 aliphatic rings. The summed E-state index contributed by atoms with van der Waals surface area (Å²) in [6.45, 7) is 23.2. The van der Waals surface area contributed by atoms with Crippen molar-refractivity contribution in [1.82, 2.24) is 24.1 Å². The Balaban J connectivity index is -0.000000127. The van der Waals surface area contributed by atoms with E-state index >= 15 is 0 Å². The third-order valence-electron chi connectivity index (χ3n) is 5.68. The molecule has 2 unspecified atom stereocenters. The Bertz CT molecular complexity index is 747. The molecular weight excluding hydrogens is 634 g/mol. The van der Waals surface area contributed by atoms with Gasteiger partial charge in [0.05, 0.1) is 19.2 Å². The first-order chi connectivity index (χ1) is 22.5. The summed E-state index contributed by atoms with van der Waals surface area (Å²) in [4.78, 5) is 32.4. The van der Waals surface area contributed by atoms with Crippen molar-refractivity contribution in [1.29, 1.82) is 0 Å². The standard InChI is InChI=1S/C12H27N3O3S.C9H18.C6H11NO2.C2H7N.C2H4O2.2C2H6/c1-8-13-11(16)18-10(12(2,3)4)9-15(7)19(17)14(5)6;1-3-5-7-9-8-6-4-2;8-4-6-2-1-3-7(6)5-9;1-3-2;1-2(3)4;2*1-2/h10H,8-9H2,1-7H3,(H,13,16);5,7H,3-4,6,8-9H2,1-2H3;5-6,8H,1-4H2;3H,1-2H3;1H3,(H,3,4);2*1-2H3/b;7-5-;;;;;/t10-,19?;;;;;;/m1....../s1. The number of ether oxygens (including phenoxy) is 1. The fourth-order valence-electron chi connectivity index (χ4n) is 3.37. The Morgan fingerprint density at radius 1 is 1.04 bits per heavy atom. The third-order valence-corrected chi connectivity index (χ3v) is 6.99. The zero-order valence-electron chi connectivity index (χ0n) is 33.9. The Morgan fingerprint density at radius 2 is 1.54 bits per heavy atom. The fourth-order valence-corrected chi connectivity index (χ4v) is 4.19. The molecule has 1 fully saturated rings. The number of allylic oxidation sites excluding steroid dienone is 2. The van der Waals surface area contributed by atoms with E-state index in [2.05, 4.69) is 36.6 Å². The number of aliphatic hydroxyl groups excluding tert-OH is 1. The van der Waals surface area contributed by atoms with E-state index in [1.54, 1.807) is 34.7 Å². The number of nitrogens with one attached hydrogen (secondary N) is 2. The van der Waals surface area contributed by atoms with Gasteiger partial charge in [0.25, 0.3) is 5.97 Å². The number of likely N-dealkylation sites (tertiary alicyclic amines) is 1. The molecule has 0 radical (unpaired) electrons. The van der Waals surface area contributed by atoms with Gasteiger partial charge in [-0.05, 0) is 53.1 Å². The van der Waals surface area contributed by atoms with Crippen molar-refractivity contribution in [2.45, 2.75) is 133 Å². The molecule has 0 bridgehead atoms. The second-order valence-corrected chi connectivity index (χ2v) is 13.2. The lowest BCUT2D eigenvalue weighted by Gasteiger charge is -2.33. The number of alkyl carbamates (subject to hydrolysis) is 1. The molecule has 1 heterocycles. The number of carboxylic acid groups (broad SMARTS) is 1. The number of likely N-dealkylation sites (N-methyl/N-ethyl adjacent to an activating group) is 1. The van der Waals surface area contributed by atoms with Gasteiger partial charge in [-0.25, -0.2) is 17.6 Å². The van der Waals surface area contributed by atoms with Crippen LogP contribution in [0.3, 0.4) is 0 Å². The second kappa shape index (κ2) is 43.0. The van der Waals surface area contributed by atoms with Crippen LogP contribution in [0.5, 0.6) is 0 Å². The van der Waals surface area contributed by atoms with Crippen LogP contribution in [0.2, 0.25) is 0 Å². The van der Waals surface area contributed by atoms with Crippen molar-refractivity contribution in [3.63, 3.8) is 0 Å². The van der Waals surface area contributed by atoms with Crippen LogP contribution >= 0.6 is 0 Å². The molecule has 0 saturated carbocycles. The minimum Gasteiger partial charge on any atom is -0.481 e. The number of aliphatic carboxylic acids is 1. The highest BCUT2D eigenvalue weighted by Crippen LogP contribution is 2.23. The number of carbonyl (C=O) groups excluding carboxylic acids is 2. The van der Waals surface area contributed by atoms with Crippen LogP contribution in [0, 0.1) is 5.41 Å². The normalized spacial score (nSPS) is 14.3. The van der Waals surface area contributed by atoms with E-state index in [-0.39, 0.29) is 24.2 Å². The number of carboxylic acids is 1. The van der Waals surface area contributed by atoms with E-state index in [1.165, 1.54) is 32.1 Å². The molecule has 13 heteroatoms. The highest BCUT2D eigenvalue weighted by atomic mass is 32.2. The SMILES string of the molecule is CC.CC.CC(=O)O.CC/C=C\CCCCC.CCNC(=O)O[C@H](CN(C)S(=O)N(C)C)C(C)(C)C.CNC.O=CN1CCCC1CO. The minimum atomic E-state index is -1.24. The highest BCUT2D eigenvalue weighted by Gasteiger charge is 2.31. The van der Waals surface area contributed by atoms with Crippen LogP contribution in [0.1, 0.15) is 121 Å². The van der Waals surface area contributed by atoms with Crippen molar-refractivity contribution in [2.24, 2.45) is 5.41 Å². The monoisotopic (exact) mass is 714 g/mol. The number of aliphatic hydroxyl groups is 1. The number of nitrogens with zero attached hydrogens (tertiary/aromatic N) is 3. The molecule has 292 valence electrons. The number of unbranched alkanes of at least 4 members (excludes halogenated alkanes) is 3. The van der Waals surface area contributed by atoms with Gasteiger partial charge in [0, 0.05) is 46.6 Å². The van der Waals surface area contributed by atoms with Crippen LogP contribution in [-0.2, 0) is 25.5 Å². The van der Waals surface area contributed by atoms with Crippen LogP contribution in [0.4, 0.5) is 4.79 Å². The number of rotatable bonds is 13. The smallest absolute Gasteiger partial charge is 0.407 e. The summed E-state index contributed by atoms with van der Waals surface area (Å²) in [7, 11) is 8.97. The molecule has 1 aliphatic heterocycles. The van der Waals surface area contributed by atoms with E-state index in [9.17, 15) is 13.8 Å². The predicted molar refractivity (Wildman–Crippen MR) is 205 cm³/mol. The van der Waals surface area contributed by atoms with Crippen LogP contribution in [0.15, 0.2) is 12.2 Å². The van der Waals surface area contributed by atoms with Gasteiger partial charge in [-0.1, -0.05) is 87.3 Å². The first-order valence-electron chi connectivity index (χ1n) is 17.5. The Kier molecular flexibility index (Phi) is 52.1. The number of amides is 2. The average Bonchev–Trinajstić information content (AvgIpc) is 3.51. The summed E-state index contributed by atoms with van der Waals surface area (Å²) in [5.41, 5.74) is -0.226. The van der Waals surface area contributed by atoms with Crippen LogP contribution < -0.4 is 10.6 Å². The van der Waals surface area contributed by atoms with Crippen molar-refractivity contribution < 1.29 is 33.5 Å². The molecule has 2 amide bonds. The largest absolute Gasteiger partial charge is 0.481 e. The maximum absolute atomic E-state index is 11.9. The van der Waals surface area contributed by atoms with E-state index in [0.717, 1.165) is 32.7 Å². The highest BCUT2D eigenvalue weighted by molar-refractivity contribution is 7.80. The Hall–Kier alpha value is -2.06. The van der Waals surface area contributed by atoms with E-state index < -0.39 is 23.2 Å². The maximum Gasteiger partial charge on any atom is 0.407 e. The van der Waals surface area contributed by atoms with Gasteiger partial charge in [-0.15, -0.1) is 0 Å². The predicted octanol–water partition coefficient (Wildman–Crippen LogP) is 6.33. The fraction of sp³-hybridized carbons (Fsp3) is 0.857. The molecule has 0 aromatic carbocycles. The zero-order chi connectivity index (χ0) is 39.1. The van der Waals surface area contributed by atoms with Crippen molar-refractivity contribution in [3.8, 4) is 0 Å². The summed E-state index contributed by atoms with van der Waals surface area (Å²) in [5.74, 6) is -0.833. The Morgan fingerprint density at radius 3 is 1.88 bits per heavy atom. The molecule has 12 nitrogen and oxygen atoms in total. The second-order valence-electron chi connectivity index (χ2n) is 11.4. The van der Waals surface area contributed by atoms with Crippen molar-refractivity contribution >= 4 is 29.6 Å². The quantitative estimate of drug-likeness (QED) is 0.0982. The molecule has 3 atom stereocenters. The molecule has 0 aromatic heterocycles. The van der Waals surface area contributed by atoms with Crippen LogP contribution in [0.25, 0.3) is 0 Å². The molecule has 48 heavy (non-hydrogen) atoms. The van der Waals surface area contributed by atoms with Gasteiger partial charge in [0.2, 0.25) is 6.41 Å².